The third-order valence-corrected chi connectivity index (χ3v) is 2.16. The first-order valence-electron chi connectivity index (χ1n) is 4.53. The van der Waals surface area contributed by atoms with Crippen LogP contribution in [0.4, 0.5) is 0 Å². The Morgan fingerprint density at radius 1 is 1.62 bits per heavy atom. The van der Waals surface area contributed by atoms with Crippen LogP contribution >= 0.6 is 0 Å². The van der Waals surface area contributed by atoms with Crippen LogP contribution in [-0.2, 0) is 0 Å². The molecule has 0 aliphatic rings. The first-order valence-corrected chi connectivity index (χ1v) is 4.53. The van der Waals surface area contributed by atoms with E-state index in [-0.39, 0.29) is 0 Å². The van der Waals surface area contributed by atoms with Crippen molar-refractivity contribution in [2.24, 2.45) is 0 Å². The smallest absolute Gasteiger partial charge is 0.235 e. The van der Waals surface area contributed by atoms with E-state index in [1.807, 2.05) is 0 Å². The highest BCUT2D eigenvalue weighted by atomic mass is 16.6. The van der Waals surface area contributed by atoms with E-state index in [0.717, 1.165) is 22.7 Å². The Balaban J connectivity index is 2.49. The van der Waals surface area contributed by atoms with Crippen LogP contribution in [0.25, 0.3) is 17.0 Å². The molecular formula is C10H9N3O3. The summed E-state index contributed by atoms with van der Waals surface area (Å²) in [7, 11) is 1.52. The van der Waals surface area contributed by atoms with Gasteiger partial charge in [0, 0.05) is 29.3 Å². The van der Waals surface area contributed by atoms with Gasteiger partial charge in [-0.05, 0) is 0 Å². The number of hydrogen-bond donors (Lipinski definition) is 1. The maximum Gasteiger partial charge on any atom is 0.235 e. The minimum absolute atomic E-state index is 0.475. The Kier molecular flexibility index (Phi) is 2.55. The molecule has 0 radical (unpaired) electrons. The average Bonchev–Trinajstić information content (AvgIpc) is 2.68. The van der Waals surface area contributed by atoms with Gasteiger partial charge in [-0.3, -0.25) is 10.1 Å². The van der Waals surface area contributed by atoms with E-state index in [9.17, 15) is 10.1 Å². The second kappa shape index (κ2) is 4.01. The van der Waals surface area contributed by atoms with Crippen LogP contribution < -0.4 is 4.74 Å². The van der Waals surface area contributed by atoms with Gasteiger partial charge in [-0.25, -0.2) is 4.98 Å². The SMILES string of the molecule is COc1cc2c(/C=C/[N+](=O)[O-])c[nH]c2cn1. The number of pyridine rings is 1. The summed E-state index contributed by atoms with van der Waals surface area (Å²) in [5, 5.41) is 11.1. The van der Waals surface area contributed by atoms with Gasteiger partial charge in [-0.2, -0.15) is 0 Å². The van der Waals surface area contributed by atoms with E-state index >= 15 is 0 Å². The molecule has 0 atom stereocenters. The van der Waals surface area contributed by atoms with Gasteiger partial charge in [0.1, 0.15) is 0 Å². The van der Waals surface area contributed by atoms with Gasteiger partial charge < -0.3 is 9.72 Å². The van der Waals surface area contributed by atoms with Crippen molar-refractivity contribution in [3.8, 4) is 5.88 Å². The third-order valence-electron chi connectivity index (χ3n) is 2.16. The zero-order valence-corrected chi connectivity index (χ0v) is 8.51. The molecule has 2 rings (SSSR count). The molecule has 0 aliphatic heterocycles. The third kappa shape index (κ3) is 1.85. The standard InChI is InChI=1S/C10H9N3O3/c1-16-10-4-8-7(2-3-13(14)15)5-11-9(8)6-12-10/h2-6,11H,1H3/b3-2+. The lowest BCUT2D eigenvalue weighted by molar-refractivity contribution is -0.400. The van der Waals surface area contributed by atoms with Crippen LogP contribution in [-0.4, -0.2) is 22.0 Å². The maximum atomic E-state index is 10.2. The molecule has 0 bridgehead atoms. The van der Waals surface area contributed by atoms with Crippen molar-refractivity contribution in [2.75, 3.05) is 7.11 Å². The molecule has 6 heteroatoms. The Hall–Kier alpha value is -2.37. The minimum atomic E-state index is -0.503. The van der Waals surface area contributed by atoms with Gasteiger partial charge in [0.25, 0.3) is 0 Å². The Labute approximate surface area is 90.7 Å². The number of aromatic nitrogens is 2. The van der Waals surface area contributed by atoms with E-state index < -0.39 is 4.92 Å². The van der Waals surface area contributed by atoms with Gasteiger partial charge in [0.05, 0.1) is 23.7 Å². The highest BCUT2D eigenvalue weighted by Crippen LogP contribution is 2.22. The lowest BCUT2D eigenvalue weighted by Crippen LogP contribution is -1.86. The summed E-state index contributed by atoms with van der Waals surface area (Å²) in [5.74, 6) is 0.475. The van der Waals surface area contributed by atoms with Crippen LogP contribution in [0.3, 0.4) is 0 Å². The van der Waals surface area contributed by atoms with Crippen molar-refractivity contribution >= 4 is 17.0 Å². The molecule has 2 heterocycles. The molecule has 82 valence electrons. The monoisotopic (exact) mass is 219 g/mol. The fourth-order valence-electron chi connectivity index (χ4n) is 1.41. The fourth-order valence-corrected chi connectivity index (χ4v) is 1.41. The number of aromatic amines is 1. The quantitative estimate of drug-likeness (QED) is 0.630. The molecule has 6 nitrogen and oxygen atoms in total. The summed E-state index contributed by atoms with van der Waals surface area (Å²) in [4.78, 5) is 16.7. The molecule has 0 spiro atoms. The molecule has 0 aliphatic carbocycles. The molecule has 16 heavy (non-hydrogen) atoms. The second-order valence-electron chi connectivity index (χ2n) is 3.12. The van der Waals surface area contributed by atoms with Gasteiger partial charge in [0.15, 0.2) is 0 Å². The Morgan fingerprint density at radius 2 is 2.44 bits per heavy atom. The van der Waals surface area contributed by atoms with Gasteiger partial charge in [-0.15, -0.1) is 0 Å². The molecule has 0 saturated heterocycles. The zero-order valence-electron chi connectivity index (χ0n) is 8.51. The van der Waals surface area contributed by atoms with Crippen molar-refractivity contribution in [3.05, 3.63) is 40.3 Å². The van der Waals surface area contributed by atoms with Gasteiger partial charge >= 0.3 is 0 Å². The van der Waals surface area contributed by atoms with Crippen LogP contribution in [0.1, 0.15) is 5.56 Å². The van der Waals surface area contributed by atoms with Crippen LogP contribution in [0.2, 0.25) is 0 Å². The summed E-state index contributed by atoms with van der Waals surface area (Å²) in [5.41, 5.74) is 1.54. The van der Waals surface area contributed by atoms with Crippen LogP contribution in [0.15, 0.2) is 24.7 Å². The number of hydrogen-bond acceptors (Lipinski definition) is 4. The van der Waals surface area contributed by atoms with Crippen molar-refractivity contribution in [1.29, 1.82) is 0 Å². The topological polar surface area (TPSA) is 81.0 Å². The molecule has 1 N–H and O–H groups in total. The van der Waals surface area contributed by atoms with Crippen molar-refractivity contribution in [2.45, 2.75) is 0 Å². The first-order chi connectivity index (χ1) is 7.70. The number of rotatable bonds is 3. The predicted molar refractivity (Wildman–Crippen MR) is 58.7 cm³/mol. The maximum absolute atomic E-state index is 10.2. The van der Waals surface area contributed by atoms with Crippen LogP contribution in [0.5, 0.6) is 5.88 Å². The van der Waals surface area contributed by atoms with E-state index in [1.54, 1.807) is 18.5 Å². The molecule has 0 amide bonds. The van der Waals surface area contributed by atoms with E-state index in [4.69, 9.17) is 4.74 Å². The van der Waals surface area contributed by atoms with Crippen molar-refractivity contribution in [1.82, 2.24) is 9.97 Å². The normalized spacial score (nSPS) is 11.1. The highest BCUT2D eigenvalue weighted by molar-refractivity contribution is 5.88. The summed E-state index contributed by atoms with van der Waals surface area (Å²) in [6.45, 7) is 0. The van der Waals surface area contributed by atoms with E-state index in [2.05, 4.69) is 9.97 Å². The predicted octanol–water partition coefficient (Wildman–Crippen LogP) is 1.82. The molecule has 0 unspecified atom stereocenters. The Bertz CT molecular complexity index is 559. The lowest BCUT2D eigenvalue weighted by atomic mass is 10.2. The average molecular weight is 219 g/mol. The van der Waals surface area contributed by atoms with Crippen molar-refractivity contribution < 1.29 is 9.66 Å². The molecular weight excluding hydrogens is 210 g/mol. The fraction of sp³-hybridized carbons (Fsp3) is 0.100. The molecule has 2 aromatic heterocycles. The number of H-pyrrole nitrogens is 1. The zero-order chi connectivity index (χ0) is 11.5. The summed E-state index contributed by atoms with van der Waals surface area (Å²) < 4.78 is 4.99. The number of methoxy groups -OCH3 is 1. The Morgan fingerprint density at radius 3 is 3.12 bits per heavy atom. The van der Waals surface area contributed by atoms with E-state index in [0.29, 0.717) is 5.88 Å². The number of nitro groups is 1. The van der Waals surface area contributed by atoms with Gasteiger partial charge in [0.2, 0.25) is 12.1 Å². The number of fused-ring (bicyclic) bond motifs is 1. The summed E-state index contributed by atoms with van der Waals surface area (Å²) in [6.07, 6.45) is 5.64. The summed E-state index contributed by atoms with van der Waals surface area (Å²) >= 11 is 0. The first kappa shape index (κ1) is 10.2. The van der Waals surface area contributed by atoms with Crippen molar-refractivity contribution in [3.63, 3.8) is 0 Å². The minimum Gasteiger partial charge on any atom is -0.481 e. The van der Waals surface area contributed by atoms with E-state index in [1.165, 1.54) is 13.2 Å². The summed E-state index contributed by atoms with van der Waals surface area (Å²) in [6, 6.07) is 1.73. The number of nitrogens with one attached hydrogen (secondary N) is 1. The molecule has 0 fully saturated rings. The van der Waals surface area contributed by atoms with Gasteiger partial charge in [-0.1, -0.05) is 0 Å². The highest BCUT2D eigenvalue weighted by Gasteiger charge is 2.04. The largest absolute Gasteiger partial charge is 0.481 e. The lowest BCUT2D eigenvalue weighted by Gasteiger charge is -1.97. The second-order valence-corrected chi connectivity index (χ2v) is 3.12. The molecule has 0 aromatic carbocycles. The molecule has 2 aromatic rings. The molecule has 0 saturated carbocycles. The number of nitrogens with zero attached hydrogens (tertiary/aromatic N) is 2. The van der Waals surface area contributed by atoms with Crippen LogP contribution in [0, 0.1) is 10.1 Å². The number of ether oxygens (including phenoxy) is 1.